The average Bonchev–Trinajstić information content (AvgIpc) is 2.76. The standard InChI is InChI=1S/C12H13N3O/c1-3-15(4-2)12-6-5-11(16-12)7-10(8-13)9-14/h5-7H,3-4H2,1-2H3. The van der Waals surface area contributed by atoms with Crippen molar-refractivity contribution in [1.82, 2.24) is 0 Å². The maximum atomic E-state index is 8.60. The highest BCUT2D eigenvalue weighted by atomic mass is 16.4. The first-order valence-electron chi connectivity index (χ1n) is 5.11. The molecule has 4 nitrogen and oxygen atoms in total. The van der Waals surface area contributed by atoms with Gasteiger partial charge in [0.25, 0.3) is 0 Å². The molecule has 0 radical (unpaired) electrons. The van der Waals surface area contributed by atoms with E-state index in [2.05, 4.69) is 4.90 Å². The second kappa shape index (κ2) is 5.63. The van der Waals surface area contributed by atoms with Crippen LogP contribution in [-0.2, 0) is 0 Å². The second-order valence-electron chi connectivity index (χ2n) is 3.13. The van der Waals surface area contributed by atoms with Crippen LogP contribution in [0.4, 0.5) is 5.88 Å². The van der Waals surface area contributed by atoms with Crippen LogP contribution in [0.15, 0.2) is 22.1 Å². The predicted molar refractivity (Wildman–Crippen MR) is 61.5 cm³/mol. The lowest BCUT2D eigenvalue weighted by molar-refractivity contribution is 0.541. The number of allylic oxidation sites excluding steroid dienone is 1. The van der Waals surface area contributed by atoms with Crippen molar-refractivity contribution in [2.45, 2.75) is 13.8 Å². The van der Waals surface area contributed by atoms with Crippen LogP contribution in [0.2, 0.25) is 0 Å². The molecular formula is C12H13N3O. The van der Waals surface area contributed by atoms with Crippen LogP contribution in [0.3, 0.4) is 0 Å². The second-order valence-corrected chi connectivity index (χ2v) is 3.13. The van der Waals surface area contributed by atoms with Crippen LogP contribution in [0, 0.1) is 22.7 Å². The number of nitrogens with zero attached hydrogens (tertiary/aromatic N) is 3. The van der Waals surface area contributed by atoms with Crippen LogP contribution in [0.1, 0.15) is 19.6 Å². The zero-order chi connectivity index (χ0) is 12.0. The monoisotopic (exact) mass is 215 g/mol. The molecule has 0 N–H and O–H groups in total. The molecule has 0 saturated carbocycles. The first-order valence-corrected chi connectivity index (χ1v) is 5.11. The van der Waals surface area contributed by atoms with E-state index in [4.69, 9.17) is 14.9 Å². The van der Waals surface area contributed by atoms with E-state index < -0.39 is 0 Å². The Morgan fingerprint density at radius 2 is 1.94 bits per heavy atom. The van der Waals surface area contributed by atoms with Crippen molar-refractivity contribution in [3.63, 3.8) is 0 Å². The number of rotatable bonds is 4. The smallest absolute Gasteiger partial charge is 0.196 e. The fourth-order valence-corrected chi connectivity index (χ4v) is 1.36. The van der Waals surface area contributed by atoms with E-state index in [0.717, 1.165) is 19.0 Å². The molecule has 0 amide bonds. The number of hydrogen-bond donors (Lipinski definition) is 0. The minimum absolute atomic E-state index is 0.0421. The molecule has 0 atom stereocenters. The summed E-state index contributed by atoms with van der Waals surface area (Å²) < 4.78 is 5.51. The molecule has 1 heterocycles. The van der Waals surface area contributed by atoms with E-state index in [9.17, 15) is 0 Å². The first-order chi connectivity index (χ1) is 7.74. The molecule has 1 aromatic rings. The van der Waals surface area contributed by atoms with Gasteiger partial charge in [0, 0.05) is 25.2 Å². The molecule has 1 rings (SSSR count). The highest BCUT2D eigenvalue weighted by Crippen LogP contribution is 2.19. The molecule has 0 aliphatic carbocycles. The summed E-state index contributed by atoms with van der Waals surface area (Å²) >= 11 is 0. The molecule has 82 valence electrons. The predicted octanol–water partition coefficient (Wildman–Crippen LogP) is 2.56. The fourth-order valence-electron chi connectivity index (χ4n) is 1.36. The zero-order valence-electron chi connectivity index (χ0n) is 9.40. The van der Waals surface area contributed by atoms with Gasteiger partial charge in [-0.1, -0.05) is 0 Å². The van der Waals surface area contributed by atoms with E-state index in [0.29, 0.717) is 5.76 Å². The molecule has 0 aliphatic heterocycles. The van der Waals surface area contributed by atoms with Crippen molar-refractivity contribution in [1.29, 1.82) is 10.5 Å². The van der Waals surface area contributed by atoms with Crippen molar-refractivity contribution in [2.24, 2.45) is 0 Å². The highest BCUT2D eigenvalue weighted by Gasteiger charge is 2.06. The van der Waals surface area contributed by atoms with E-state index in [1.807, 2.05) is 19.9 Å². The van der Waals surface area contributed by atoms with E-state index in [1.165, 1.54) is 6.08 Å². The fraction of sp³-hybridized carbons (Fsp3) is 0.333. The van der Waals surface area contributed by atoms with Crippen LogP contribution in [-0.4, -0.2) is 13.1 Å². The van der Waals surface area contributed by atoms with Crippen molar-refractivity contribution in [3.8, 4) is 12.1 Å². The van der Waals surface area contributed by atoms with Crippen molar-refractivity contribution >= 4 is 12.0 Å². The first kappa shape index (κ1) is 11.9. The molecule has 0 spiro atoms. The Bertz CT molecular complexity index is 439. The van der Waals surface area contributed by atoms with Gasteiger partial charge in [-0.15, -0.1) is 0 Å². The lowest BCUT2D eigenvalue weighted by Gasteiger charge is -2.16. The topological polar surface area (TPSA) is 64.0 Å². The van der Waals surface area contributed by atoms with E-state index >= 15 is 0 Å². The third kappa shape index (κ3) is 2.65. The average molecular weight is 215 g/mol. The largest absolute Gasteiger partial charge is 0.441 e. The van der Waals surface area contributed by atoms with Crippen LogP contribution < -0.4 is 4.90 Å². The summed E-state index contributed by atoms with van der Waals surface area (Å²) in [6, 6.07) is 7.18. The third-order valence-corrected chi connectivity index (χ3v) is 2.22. The number of nitriles is 2. The number of furan rings is 1. The normalized spacial score (nSPS) is 9.00. The van der Waals surface area contributed by atoms with Gasteiger partial charge in [-0.25, -0.2) is 0 Å². The maximum absolute atomic E-state index is 8.60. The molecule has 0 fully saturated rings. The van der Waals surface area contributed by atoms with Crippen LogP contribution in [0.25, 0.3) is 6.08 Å². The quantitative estimate of drug-likeness (QED) is 0.724. The lowest BCUT2D eigenvalue weighted by Crippen LogP contribution is -2.20. The summed E-state index contributed by atoms with van der Waals surface area (Å²) in [7, 11) is 0. The van der Waals surface area contributed by atoms with Gasteiger partial charge in [0.2, 0.25) is 0 Å². The maximum Gasteiger partial charge on any atom is 0.196 e. The molecule has 0 unspecified atom stereocenters. The summed E-state index contributed by atoms with van der Waals surface area (Å²) in [6.45, 7) is 5.79. The van der Waals surface area contributed by atoms with Gasteiger partial charge in [-0.05, 0) is 19.9 Å². The van der Waals surface area contributed by atoms with E-state index in [-0.39, 0.29) is 5.57 Å². The zero-order valence-corrected chi connectivity index (χ0v) is 9.40. The third-order valence-electron chi connectivity index (χ3n) is 2.22. The molecule has 16 heavy (non-hydrogen) atoms. The molecular weight excluding hydrogens is 202 g/mol. The Labute approximate surface area is 95.0 Å². The van der Waals surface area contributed by atoms with Gasteiger partial charge < -0.3 is 9.32 Å². The van der Waals surface area contributed by atoms with Crippen molar-refractivity contribution < 1.29 is 4.42 Å². The summed E-state index contributed by atoms with van der Waals surface area (Å²) in [6.07, 6.45) is 1.44. The Morgan fingerprint density at radius 1 is 1.31 bits per heavy atom. The number of hydrogen-bond acceptors (Lipinski definition) is 4. The van der Waals surface area contributed by atoms with Gasteiger partial charge in [0.05, 0.1) is 0 Å². The molecule has 1 aromatic heterocycles. The lowest BCUT2D eigenvalue weighted by atomic mass is 10.3. The molecule has 4 heteroatoms. The van der Waals surface area contributed by atoms with Gasteiger partial charge in [0.1, 0.15) is 23.5 Å². The van der Waals surface area contributed by atoms with Gasteiger partial charge in [-0.2, -0.15) is 10.5 Å². The van der Waals surface area contributed by atoms with E-state index in [1.54, 1.807) is 18.2 Å². The van der Waals surface area contributed by atoms with Gasteiger partial charge >= 0.3 is 0 Å². The van der Waals surface area contributed by atoms with Crippen LogP contribution >= 0.6 is 0 Å². The van der Waals surface area contributed by atoms with Crippen LogP contribution in [0.5, 0.6) is 0 Å². The van der Waals surface area contributed by atoms with Crippen molar-refractivity contribution in [3.05, 3.63) is 23.5 Å². The minimum Gasteiger partial charge on any atom is -0.441 e. The molecule has 0 bridgehead atoms. The summed E-state index contributed by atoms with van der Waals surface area (Å²) in [5, 5.41) is 17.2. The molecule has 0 aliphatic rings. The van der Waals surface area contributed by atoms with Gasteiger partial charge in [-0.3, -0.25) is 0 Å². The molecule has 0 aromatic carbocycles. The number of anilines is 1. The Morgan fingerprint density at radius 3 is 2.44 bits per heavy atom. The SMILES string of the molecule is CCN(CC)c1ccc(C=C(C#N)C#N)o1. The summed E-state index contributed by atoms with van der Waals surface area (Å²) in [5.74, 6) is 1.28. The Balaban J connectivity index is 2.93. The summed E-state index contributed by atoms with van der Waals surface area (Å²) in [5.41, 5.74) is 0.0421. The summed E-state index contributed by atoms with van der Waals surface area (Å²) in [4.78, 5) is 2.05. The Kier molecular flexibility index (Phi) is 4.17. The minimum atomic E-state index is 0.0421. The molecule has 0 saturated heterocycles. The van der Waals surface area contributed by atoms with Gasteiger partial charge in [0.15, 0.2) is 5.88 Å². The van der Waals surface area contributed by atoms with Crippen molar-refractivity contribution in [2.75, 3.05) is 18.0 Å². The highest BCUT2D eigenvalue weighted by molar-refractivity contribution is 5.60. The Hall–Kier alpha value is -2.20.